The molecule has 0 aliphatic carbocycles. The normalized spacial score (nSPS) is 16.7. The molecule has 49 heavy (non-hydrogen) atoms. The van der Waals surface area contributed by atoms with Crippen molar-refractivity contribution in [3.05, 3.63) is 68.2 Å². The number of aromatic amines is 1. The number of fused-ring (bicyclic) bond motifs is 1. The lowest BCUT2D eigenvalue weighted by Gasteiger charge is -2.43. The Kier molecular flexibility index (Phi) is 10.3. The van der Waals surface area contributed by atoms with Crippen molar-refractivity contribution in [1.29, 1.82) is 0 Å². The number of rotatable bonds is 9. The number of methoxy groups -OCH3 is 1. The average molecular weight is 666 g/mol. The molecule has 4 aromatic rings. The number of piperazine rings is 1. The van der Waals surface area contributed by atoms with Gasteiger partial charge in [0.1, 0.15) is 17.1 Å². The number of hydrogen-bond acceptors (Lipinski definition) is 7. The molecule has 0 spiro atoms. The third-order valence-corrected chi connectivity index (χ3v) is 11.8. The van der Waals surface area contributed by atoms with Crippen molar-refractivity contribution < 1.29 is 4.74 Å². The molecule has 2 aromatic heterocycles. The molecule has 0 radical (unpaired) electrons. The van der Waals surface area contributed by atoms with E-state index in [4.69, 9.17) is 14.7 Å². The molecule has 6 rings (SSSR count). The fraction of sp³-hybridized carbons (Fsp3) is 0.561. The van der Waals surface area contributed by atoms with Crippen molar-refractivity contribution in [2.45, 2.75) is 94.0 Å². The first-order valence-electron chi connectivity index (χ1n) is 18.4. The van der Waals surface area contributed by atoms with Crippen LogP contribution in [0.15, 0.2) is 12.3 Å². The molecule has 2 fully saturated rings. The van der Waals surface area contributed by atoms with E-state index in [1.807, 2.05) is 13.3 Å². The van der Waals surface area contributed by atoms with Gasteiger partial charge in [-0.05, 0) is 126 Å². The summed E-state index contributed by atoms with van der Waals surface area (Å²) in [6, 6.07) is 2.74. The summed E-state index contributed by atoms with van der Waals surface area (Å²) < 4.78 is 6.23. The molecule has 2 aliphatic rings. The molecular weight excluding hydrogens is 606 g/mol. The van der Waals surface area contributed by atoms with Crippen LogP contribution in [-0.4, -0.2) is 84.2 Å². The van der Waals surface area contributed by atoms with Crippen LogP contribution in [-0.2, 0) is 12.8 Å². The van der Waals surface area contributed by atoms with Gasteiger partial charge in [0.05, 0.1) is 12.6 Å². The van der Waals surface area contributed by atoms with Crippen molar-refractivity contribution in [2.75, 3.05) is 63.6 Å². The Morgan fingerprint density at radius 1 is 0.816 bits per heavy atom. The summed E-state index contributed by atoms with van der Waals surface area (Å²) in [5.74, 6) is 3.12. The molecule has 0 atom stereocenters. The summed E-state index contributed by atoms with van der Waals surface area (Å²) in [6.45, 7) is 27.2. The highest BCUT2D eigenvalue weighted by Gasteiger charge is 2.30. The van der Waals surface area contributed by atoms with Crippen molar-refractivity contribution in [3.63, 3.8) is 0 Å². The second kappa shape index (κ2) is 14.3. The van der Waals surface area contributed by atoms with Gasteiger partial charge in [-0.15, -0.1) is 0 Å². The maximum absolute atomic E-state index is 6.23. The van der Waals surface area contributed by atoms with E-state index in [0.29, 0.717) is 18.4 Å². The van der Waals surface area contributed by atoms with Crippen LogP contribution in [0.5, 0.6) is 5.75 Å². The number of likely N-dealkylation sites (N-methyl/N-ethyl adjacent to an activating group) is 1. The molecular formula is C41H59N7O. The first-order chi connectivity index (χ1) is 23.4. The van der Waals surface area contributed by atoms with E-state index in [2.05, 4.69) is 100 Å². The number of hydrogen-bond donors (Lipinski definition) is 2. The number of nitrogens with zero attached hydrogens (tertiary/aromatic N) is 5. The van der Waals surface area contributed by atoms with Gasteiger partial charge in [0.2, 0.25) is 0 Å². The maximum atomic E-state index is 6.23. The zero-order valence-electron chi connectivity index (χ0n) is 32.0. The highest BCUT2D eigenvalue weighted by Crippen LogP contribution is 2.41. The third-order valence-electron chi connectivity index (χ3n) is 11.8. The standard InChI is InChI=1S/C41H59N7O/c1-24(2)22-33-27(5)25(3)26(4)29(7)37(33)45-41-38-35(12-15-42-38)43-36(44-41)23-34-28(6)30(8)39(31(9)40(34)49-11)48-16-13-32(14-17-48)47-20-18-46(10)19-21-47/h12,15,24,32,42H,13-14,16-23H2,1-11H3,(H,43,44,45). The zero-order valence-corrected chi connectivity index (χ0v) is 32.0. The van der Waals surface area contributed by atoms with Crippen LogP contribution in [0.4, 0.5) is 17.2 Å². The van der Waals surface area contributed by atoms with Crippen LogP contribution >= 0.6 is 0 Å². The second-order valence-corrected chi connectivity index (χ2v) is 15.3. The van der Waals surface area contributed by atoms with Gasteiger partial charge in [0, 0.05) is 80.4 Å². The summed E-state index contributed by atoms with van der Waals surface area (Å²) in [5.41, 5.74) is 16.1. The Bertz CT molecular complexity index is 1820. The van der Waals surface area contributed by atoms with E-state index < -0.39 is 0 Å². The van der Waals surface area contributed by atoms with E-state index in [9.17, 15) is 0 Å². The molecule has 2 aliphatic heterocycles. The topological polar surface area (TPSA) is 72.6 Å². The van der Waals surface area contributed by atoms with Gasteiger partial charge in [-0.1, -0.05) is 13.8 Å². The molecule has 0 saturated carbocycles. The average Bonchev–Trinajstić information content (AvgIpc) is 3.56. The Labute approximate surface area is 294 Å². The van der Waals surface area contributed by atoms with Gasteiger partial charge < -0.3 is 24.8 Å². The molecule has 2 aromatic carbocycles. The fourth-order valence-corrected chi connectivity index (χ4v) is 8.46. The minimum Gasteiger partial charge on any atom is -0.496 e. The number of H-pyrrole nitrogens is 1. The van der Waals surface area contributed by atoms with Crippen LogP contribution in [0.1, 0.15) is 82.6 Å². The number of benzene rings is 2. The Hall–Kier alpha value is -3.62. The summed E-state index contributed by atoms with van der Waals surface area (Å²) >= 11 is 0. The molecule has 0 amide bonds. The summed E-state index contributed by atoms with van der Waals surface area (Å²) in [4.78, 5) is 21.5. The summed E-state index contributed by atoms with van der Waals surface area (Å²) in [5, 5.41) is 3.83. The SMILES string of the molecule is COc1c(C)c(N2CCC(N3CCN(C)CC3)CC2)c(C)c(C)c1Cc1nc(Nc2c(C)c(C)c(C)c(C)c2CC(C)C)c2[nH]ccc2n1. The second-order valence-electron chi connectivity index (χ2n) is 15.3. The predicted molar refractivity (Wildman–Crippen MR) is 205 cm³/mol. The minimum absolute atomic E-state index is 0.542. The van der Waals surface area contributed by atoms with Crippen molar-refractivity contribution >= 4 is 28.2 Å². The Morgan fingerprint density at radius 2 is 1.47 bits per heavy atom. The highest BCUT2D eigenvalue weighted by atomic mass is 16.5. The first-order valence-corrected chi connectivity index (χ1v) is 18.4. The van der Waals surface area contributed by atoms with Gasteiger partial charge in [-0.25, -0.2) is 9.97 Å². The molecule has 8 heteroatoms. The lowest BCUT2D eigenvalue weighted by molar-refractivity contribution is 0.0982. The van der Waals surface area contributed by atoms with E-state index in [1.54, 1.807) is 0 Å². The quantitative estimate of drug-likeness (QED) is 0.189. The van der Waals surface area contributed by atoms with E-state index in [1.165, 1.54) is 100 Å². The van der Waals surface area contributed by atoms with Crippen LogP contribution < -0.4 is 15.0 Å². The molecule has 0 bridgehead atoms. The number of aromatic nitrogens is 3. The number of piperidine rings is 1. The molecule has 2 saturated heterocycles. The Morgan fingerprint density at radius 3 is 2.12 bits per heavy atom. The van der Waals surface area contributed by atoms with Crippen LogP contribution in [0, 0.1) is 54.4 Å². The van der Waals surface area contributed by atoms with Crippen molar-refractivity contribution in [1.82, 2.24) is 24.8 Å². The van der Waals surface area contributed by atoms with E-state index in [0.717, 1.165) is 47.9 Å². The largest absolute Gasteiger partial charge is 0.496 e. The predicted octanol–water partition coefficient (Wildman–Crippen LogP) is 7.87. The zero-order chi connectivity index (χ0) is 35.1. The van der Waals surface area contributed by atoms with Gasteiger partial charge in [-0.3, -0.25) is 4.90 Å². The first kappa shape index (κ1) is 35.2. The van der Waals surface area contributed by atoms with Crippen molar-refractivity contribution in [2.24, 2.45) is 5.92 Å². The lowest BCUT2D eigenvalue weighted by Crippen LogP contribution is -2.52. The third kappa shape index (κ3) is 6.79. The minimum atomic E-state index is 0.542. The number of anilines is 3. The van der Waals surface area contributed by atoms with Gasteiger partial charge >= 0.3 is 0 Å². The number of ether oxygens (including phenoxy) is 1. The van der Waals surface area contributed by atoms with E-state index in [-0.39, 0.29) is 0 Å². The fourth-order valence-electron chi connectivity index (χ4n) is 8.46. The molecule has 264 valence electrons. The Balaban J connectivity index is 1.32. The molecule has 8 nitrogen and oxygen atoms in total. The summed E-state index contributed by atoms with van der Waals surface area (Å²) in [6.07, 6.45) is 6.00. The van der Waals surface area contributed by atoms with Crippen LogP contribution in [0.2, 0.25) is 0 Å². The monoisotopic (exact) mass is 665 g/mol. The lowest BCUT2D eigenvalue weighted by atomic mass is 9.88. The maximum Gasteiger partial charge on any atom is 0.158 e. The van der Waals surface area contributed by atoms with Crippen molar-refractivity contribution in [3.8, 4) is 5.75 Å². The van der Waals surface area contributed by atoms with Gasteiger partial charge in [-0.2, -0.15) is 0 Å². The van der Waals surface area contributed by atoms with E-state index >= 15 is 0 Å². The van der Waals surface area contributed by atoms with Gasteiger partial charge in [0.15, 0.2) is 5.82 Å². The number of nitrogens with one attached hydrogen (secondary N) is 2. The smallest absolute Gasteiger partial charge is 0.158 e. The van der Waals surface area contributed by atoms with Crippen LogP contribution in [0.25, 0.3) is 11.0 Å². The summed E-state index contributed by atoms with van der Waals surface area (Å²) in [7, 11) is 4.05. The molecule has 2 N–H and O–H groups in total. The van der Waals surface area contributed by atoms with Gasteiger partial charge in [0.25, 0.3) is 0 Å². The molecule has 4 heterocycles. The highest BCUT2D eigenvalue weighted by molar-refractivity contribution is 5.89. The van der Waals surface area contributed by atoms with Crippen LogP contribution in [0.3, 0.4) is 0 Å². The molecule has 0 unspecified atom stereocenters.